The Balaban J connectivity index is 3.11. The minimum atomic E-state index is -3.21. The van der Waals surface area contributed by atoms with E-state index in [1.165, 1.54) is 12.3 Å². The Labute approximate surface area is 116 Å². The van der Waals surface area contributed by atoms with Gasteiger partial charge in [-0.2, -0.15) is 0 Å². The maximum Gasteiger partial charge on any atom is 0.175 e. The first kappa shape index (κ1) is 15.8. The Morgan fingerprint density at radius 2 is 1.68 bits per heavy atom. The van der Waals surface area contributed by atoms with E-state index in [0.717, 1.165) is 24.9 Å². The molecule has 0 radical (unpaired) electrons. The van der Waals surface area contributed by atoms with Crippen molar-refractivity contribution in [3.8, 4) is 0 Å². The van der Waals surface area contributed by atoms with E-state index in [0.29, 0.717) is 5.69 Å². The van der Waals surface area contributed by atoms with Crippen molar-refractivity contribution in [3.05, 3.63) is 18.2 Å². The van der Waals surface area contributed by atoms with Crippen LogP contribution in [-0.4, -0.2) is 20.2 Å². The fourth-order valence-electron chi connectivity index (χ4n) is 2.19. The van der Waals surface area contributed by atoms with Gasteiger partial charge in [0.1, 0.15) is 0 Å². The summed E-state index contributed by atoms with van der Waals surface area (Å²) in [5, 5.41) is 3.47. The molecule has 1 rings (SSSR count). The predicted octanol–water partition coefficient (Wildman–Crippen LogP) is 3.05. The Hall–Kier alpha value is -1.23. The van der Waals surface area contributed by atoms with Crippen molar-refractivity contribution in [2.75, 3.05) is 17.3 Å². The average molecular weight is 284 g/mol. The number of hydrogen-bond acceptors (Lipinski definition) is 4. The second-order valence-electron chi connectivity index (χ2n) is 4.99. The summed E-state index contributed by atoms with van der Waals surface area (Å²) in [6, 6.07) is 4.87. The highest BCUT2D eigenvalue weighted by Crippen LogP contribution is 2.30. The molecule has 19 heavy (non-hydrogen) atoms. The predicted molar refractivity (Wildman–Crippen MR) is 81.2 cm³/mol. The summed E-state index contributed by atoms with van der Waals surface area (Å²) in [5.74, 6) is 0. The molecule has 0 amide bonds. The lowest BCUT2D eigenvalue weighted by atomic mass is 9.89. The minimum Gasteiger partial charge on any atom is -0.397 e. The number of nitrogen functional groups attached to an aromatic ring is 1. The molecular weight excluding hydrogens is 260 g/mol. The van der Waals surface area contributed by atoms with Crippen LogP contribution in [0.4, 0.5) is 11.4 Å². The molecule has 3 N–H and O–H groups in total. The Bertz CT molecular complexity index is 526. The highest BCUT2D eigenvalue weighted by atomic mass is 32.2. The molecule has 1 aromatic rings. The van der Waals surface area contributed by atoms with Gasteiger partial charge in [0.15, 0.2) is 9.84 Å². The van der Waals surface area contributed by atoms with Gasteiger partial charge in [-0.15, -0.1) is 0 Å². The highest BCUT2D eigenvalue weighted by molar-refractivity contribution is 7.90. The molecule has 0 aliphatic rings. The number of rotatable bonds is 6. The summed E-state index contributed by atoms with van der Waals surface area (Å²) in [4.78, 5) is 0.255. The molecular formula is C14H24N2O2S. The largest absolute Gasteiger partial charge is 0.397 e. The normalized spacial score (nSPS) is 12.4. The Kier molecular flexibility index (Phi) is 4.85. The van der Waals surface area contributed by atoms with E-state index in [1.54, 1.807) is 12.1 Å². The molecule has 0 unspecified atom stereocenters. The first-order valence-electron chi connectivity index (χ1n) is 6.65. The van der Waals surface area contributed by atoms with Gasteiger partial charge in [0.05, 0.1) is 16.3 Å². The molecule has 5 heteroatoms. The first-order valence-corrected chi connectivity index (χ1v) is 8.55. The molecule has 1 aromatic carbocycles. The van der Waals surface area contributed by atoms with E-state index in [4.69, 9.17) is 5.73 Å². The molecule has 0 fully saturated rings. The number of nitrogens with one attached hydrogen (secondary N) is 1. The highest BCUT2D eigenvalue weighted by Gasteiger charge is 2.24. The van der Waals surface area contributed by atoms with Crippen molar-refractivity contribution in [2.45, 2.75) is 50.5 Å². The monoisotopic (exact) mass is 284 g/mol. The fourth-order valence-corrected chi connectivity index (χ4v) is 2.84. The standard InChI is InChI=1S/C14H24N2O2S/c1-5-14(6-2,7-3)16-13-9-8-11(10-12(13)15)19(4,17)18/h8-10,16H,5-7,15H2,1-4H3. The van der Waals surface area contributed by atoms with Crippen LogP contribution in [-0.2, 0) is 9.84 Å². The molecule has 108 valence electrons. The zero-order valence-corrected chi connectivity index (χ0v) is 13.0. The minimum absolute atomic E-state index is 0.0146. The summed E-state index contributed by atoms with van der Waals surface area (Å²) in [5.41, 5.74) is 7.26. The van der Waals surface area contributed by atoms with Gasteiger partial charge >= 0.3 is 0 Å². The lowest BCUT2D eigenvalue weighted by Gasteiger charge is -2.33. The third-order valence-electron chi connectivity index (χ3n) is 3.88. The van der Waals surface area contributed by atoms with Crippen LogP contribution in [0.1, 0.15) is 40.0 Å². The molecule has 0 spiro atoms. The van der Waals surface area contributed by atoms with Gasteiger partial charge in [-0.25, -0.2) is 8.42 Å². The van der Waals surface area contributed by atoms with Gasteiger partial charge in [-0.1, -0.05) is 20.8 Å². The Morgan fingerprint density at radius 3 is 2.05 bits per heavy atom. The molecule has 0 heterocycles. The van der Waals surface area contributed by atoms with Crippen LogP contribution in [0.25, 0.3) is 0 Å². The van der Waals surface area contributed by atoms with Crippen molar-refractivity contribution in [2.24, 2.45) is 0 Å². The molecule has 0 aliphatic carbocycles. The van der Waals surface area contributed by atoms with Gasteiger partial charge in [0, 0.05) is 11.8 Å². The number of anilines is 2. The SMILES string of the molecule is CCC(CC)(CC)Nc1ccc(S(C)(=O)=O)cc1N. The maximum absolute atomic E-state index is 11.5. The van der Waals surface area contributed by atoms with Crippen molar-refractivity contribution in [1.82, 2.24) is 0 Å². The number of nitrogens with two attached hydrogens (primary N) is 1. The molecule has 0 saturated heterocycles. The van der Waals surface area contributed by atoms with E-state index < -0.39 is 9.84 Å². The molecule has 0 saturated carbocycles. The summed E-state index contributed by atoms with van der Waals surface area (Å²) < 4.78 is 22.9. The summed E-state index contributed by atoms with van der Waals surface area (Å²) >= 11 is 0. The quantitative estimate of drug-likeness (QED) is 0.788. The average Bonchev–Trinajstić information content (AvgIpc) is 2.37. The van der Waals surface area contributed by atoms with Crippen LogP contribution in [0, 0.1) is 0 Å². The lowest BCUT2D eigenvalue weighted by Crippen LogP contribution is -2.36. The summed E-state index contributed by atoms with van der Waals surface area (Å²) in [6.07, 6.45) is 4.16. The molecule has 0 bridgehead atoms. The van der Waals surface area contributed by atoms with E-state index in [1.807, 2.05) is 0 Å². The fraction of sp³-hybridized carbons (Fsp3) is 0.571. The van der Waals surface area contributed by atoms with E-state index in [9.17, 15) is 8.42 Å². The van der Waals surface area contributed by atoms with Crippen LogP contribution in [0.15, 0.2) is 23.1 Å². The first-order chi connectivity index (χ1) is 8.78. The summed E-state index contributed by atoms with van der Waals surface area (Å²) in [7, 11) is -3.21. The lowest BCUT2D eigenvalue weighted by molar-refractivity contribution is 0.420. The van der Waals surface area contributed by atoms with E-state index in [2.05, 4.69) is 26.1 Å². The third-order valence-corrected chi connectivity index (χ3v) is 4.99. The zero-order valence-electron chi connectivity index (χ0n) is 12.2. The van der Waals surface area contributed by atoms with Gasteiger partial charge < -0.3 is 11.1 Å². The van der Waals surface area contributed by atoms with Crippen LogP contribution in [0.3, 0.4) is 0 Å². The van der Waals surface area contributed by atoms with Crippen LogP contribution >= 0.6 is 0 Å². The van der Waals surface area contributed by atoms with E-state index >= 15 is 0 Å². The van der Waals surface area contributed by atoms with Crippen molar-refractivity contribution < 1.29 is 8.42 Å². The maximum atomic E-state index is 11.5. The number of hydrogen-bond donors (Lipinski definition) is 2. The van der Waals surface area contributed by atoms with Crippen molar-refractivity contribution in [1.29, 1.82) is 0 Å². The van der Waals surface area contributed by atoms with Gasteiger partial charge in [0.25, 0.3) is 0 Å². The zero-order chi connectivity index (χ0) is 14.7. The second kappa shape index (κ2) is 5.82. The smallest absolute Gasteiger partial charge is 0.175 e. The van der Waals surface area contributed by atoms with Crippen molar-refractivity contribution in [3.63, 3.8) is 0 Å². The van der Waals surface area contributed by atoms with E-state index in [-0.39, 0.29) is 10.4 Å². The summed E-state index contributed by atoms with van der Waals surface area (Å²) in [6.45, 7) is 6.42. The van der Waals surface area contributed by atoms with Crippen LogP contribution < -0.4 is 11.1 Å². The van der Waals surface area contributed by atoms with Gasteiger partial charge in [0.2, 0.25) is 0 Å². The van der Waals surface area contributed by atoms with Crippen molar-refractivity contribution >= 4 is 21.2 Å². The van der Waals surface area contributed by atoms with Gasteiger partial charge in [-0.3, -0.25) is 0 Å². The van der Waals surface area contributed by atoms with Crippen LogP contribution in [0.5, 0.6) is 0 Å². The number of benzene rings is 1. The third kappa shape index (κ3) is 3.62. The topological polar surface area (TPSA) is 72.2 Å². The second-order valence-corrected chi connectivity index (χ2v) is 7.00. The molecule has 4 nitrogen and oxygen atoms in total. The van der Waals surface area contributed by atoms with Crippen LogP contribution in [0.2, 0.25) is 0 Å². The molecule has 0 aromatic heterocycles. The molecule has 0 aliphatic heterocycles. The Morgan fingerprint density at radius 1 is 1.16 bits per heavy atom. The van der Waals surface area contributed by atoms with Gasteiger partial charge in [-0.05, 0) is 37.5 Å². The molecule has 0 atom stereocenters. The number of sulfone groups is 1.